The van der Waals surface area contributed by atoms with E-state index in [9.17, 15) is 4.79 Å². The predicted molar refractivity (Wildman–Crippen MR) is 120 cm³/mol. The highest BCUT2D eigenvalue weighted by Gasteiger charge is 2.25. The molecule has 0 bridgehead atoms. The summed E-state index contributed by atoms with van der Waals surface area (Å²) >= 11 is 0. The van der Waals surface area contributed by atoms with Crippen LogP contribution in [-0.2, 0) is 4.79 Å². The van der Waals surface area contributed by atoms with Crippen LogP contribution in [0, 0.1) is 13.8 Å². The highest BCUT2D eigenvalue weighted by Crippen LogP contribution is 2.36. The van der Waals surface area contributed by atoms with Crippen molar-refractivity contribution in [1.82, 2.24) is 15.0 Å². The van der Waals surface area contributed by atoms with Gasteiger partial charge in [-0.05, 0) is 43.7 Å². The van der Waals surface area contributed by atoms with Gasteiger partial charge >= 0.3 is 0 Å². The van der Waals surface area contributed by atoms with Crippen molar-refractivity contribution in [3.8, 4) is 22.5 Å². The molecule has 1 aliphatic rings. The van der Waals surface area contributed by atoms with Gasteiger partial charge in [0, 0.05) is 33.8 Å². The minimum absolute atomic E-state index is 0.0979. The number of aromatic nitrogens is 3. The second-order valence-electron chi connectivity index (χ2n) is 7.47. The number of amides is 1. The van der Waals surface area contributed by atoms with Crippen LogP contribution in [0.2, 0.25) is 0 Å². The summed E-state index contributed by atoms with van der Waals surface area (Å²) in [4.78, 5) is 25.1. The maximum atomic E-state index is 12.6. The first-order valence-electron chi connectivity index (χ1n) is 9.80. The number of nitrogens with one attached hydrogen (secondary N) is 2. The maximum absolute atomic E-state index is 12.6. The molecule has 146 valence electrons. The van der Waals surface area contributed by atoms with E-state index in [1.54, 1.807) is 12.4 Å². The average Bonchev–Trinajstić information content (AvgIpc) is 3.26. The molecule has 0 spiro atoms. The maximum Gasteiger partial charge on any atom is 0.256 e. The molecule has 0 atom stereocenters. The smallest absolute Gasteiger partial charge is 0.256 e. The minimum Gasteiger partial charge on any atom is -0.359 e. The van der Waals surface area contributed by atoms with Gasteiger partial charge in [-0.15, -0.1) is 0 Å². The van der Waals surface area contributed by atoms with Crippen LogP contribution in [0.5, 0.6) is 0 Å². The van der Waals surface area contributed by atoms with E-state index in [-0.39, 0.29) is 5.91 Å². The van der Waals surface area contributed by atoms with Gasteiger partial charge in [-0.2, -0.15) is 0 Å². The van der Waals surface area contributed by atoms with E-state index >= 15 is 0 Å². The number of hydrogen-bond donors (Lipinski definition) is 2. The second kappa shape index (κ2) is 7.12. The minimum atomic E-state index is -0.0979. The Balaban J connectivity index is 1.52. The van der Waals surface area contributed by atoms with Crippen molar-refractivity contribution < 1.29 is 4.79 Å². The highest BCUT2D eigenvalue weighted by atomic mass is 16.2. The van der Waals surface area contributed by atoms with Crippen molar-refractivity contribution in [3.05, 3.63) is 89.5 Å². The lowest BCUT2D eigenvalue weighted by Gasteiger charge is -2.06. The van der Waals surface area contributed by atoms with Gasteiger partial charge in [-0.25, -0.2) is 0 Å². The zero-order valence-electron chi connectivity index (χ0n) is 16.7. The van der Waals surface area contributed by atoms with E-state index in [4.69, 9.17) is 0 Å². The number of H-pyrrole nitrogens is 1. The van der Waals surface area contributed by atoms with Crippen LogP contribution in [0.4, 0.5) is 5.69 Å². The molecule has 5 heteroatoms. The van der Waals surface area contributed by atoms with Crippen molar-refractivity contribution in [2.75, 3.05) is 5.32 Å². The van der Waals surface area contributed by atoms with Gasteiger partial charge in [0.1, 0.15) is 0 Å². The Morgan fingerprint density at radius 2 is 1.60 bits per heavy atom. The third-order valence-corrected chi connectivity index (χ3v) is 5.30. The summed E-state index contributed by atoms with van der Waals surface area (Å²) in [6.07, 6.45) is 5.47. The van der Waals surface area contributed by atoms with Crippen LogP contribution >= 0.6 is 0 Å². The summed E-state index contributed by atoms with van der Waals surface area (Å²) in [7, 11) is 0. The van der Waals surface area contributed by atoms with Crippen molar-refractivity contribution in [1.29, 1.82) is 0 Å². The molecule has 5 rings (SSSR count). The van der Waals surface area contributed by atoms with Gasteiger partial charge in [0.25, 0.3) is 5.91 Å². The SMILES string of the molecule is Cc1cc(C)c(/C=C2\C(=O)Nc3ccc(-c4cnc(-c5ccccc5)cn4)cc32)[nH]1. The summed E-state index contributed by atoms with van der Waals surface area (Å²) < 4.78 is 0. The summed E-state index contributed by atoms with van der Waals surface area (Å²) in [5.41, 5.74) is 9.00. The zero-order valence-corrected chi connectivity index (χ0v) is 16.7. The molecule has 1 aliphatic heterocycles. The Morgan fingerprint density at radius 1 is 0.867 bits per heavy atom. The normalized spacial score (nSPS) is 14.1. The molecule has 5 nitrogen and oxygen atoms in total. The summed E-state index contributed by atoms with van der Waals surface area (Å²) in [6, 6.07) is 17.9. The lowest BCUT2D eigenvalue weighted by atomic mass is 10.0. The monoisotopic (exact) mass is 392 g/mol. The first-order valence-corrected chi connectivity index (χ1v) is 9.80. The van der Waals surface area contributed by atoms with Crippen molar-refractivity contribution >= 4 is 23.2 Å². The fraction of sp³-hybridized carbons (Fsp3) is 0.0800. The molecule has 3 heterocycles. The second-order valence-corrected chi connectivity index (χ2v) is 7.47. The Hall–Kier alpha value is -3.99. The number of benzene rings is 2. The van der Waals surface area contributed by atoms with Crippen molar-refractivity contribution in [3.63, 3.8) is 0 Å². The molecule has 0 aliphatic carbocycles. The third-order valence-electron chi connectivity index (χ3n) is 5.30. The molecule has 2 aromatic heterocycles. The first-order chi connectivity index (χ1) is 14.6. The lowest BCUT2D eigenvalue weighted by Crippen LogP contribution is -2.03. The van der Waals surface area contributed by atoms with E-state index in [1.165, 1.54) is 0 Å². The number of nitrogens with zero attached hydrogens (tertiary/aromatic N) is 2. The Labute approximate surface area is 174 Å². The zero-order chi connectivity index (χ0) is 20.7. The number of anilines is 1. The molecule has 0 unspecified atom stereocenters. The topological polar surface area (TPSA) is 70.7 Å². The number of fused-ring (bicyclic) bond motifs is 1. The quantitative estimate of drug-likeness (QED) is 0.468. The first kappa shape index (κ1) is 18.1. The van der Waals surface area contributed by atoms with E-state index in [2.05, 4.69) is 26.3 Å². The van der Waals surface area contributed by atoms with Crippen molar-refractivity contribution in [2.45, 2.75) is 13.8 Å². The standard InChI is InChI=1S/C25H20N4O/c1-15-10-16(2)28-22(15)12-20-19-11-18(8-9-21(19)29-25(20)30)24-14-26-23(13-27-24)17-6-4-3-5-7-17/h3-14,28H,1-2H3,(H,29,30)/b20-12-. The number of aromatic amines is 1. The van der Waals surface area contributed by atoms with Gasteiger partial charge in [-0.3, -0.25) is 14.8 Å². The molecular weight excluding hydrogens is 372 g/mol. The lowest BCUT2D eigenvalue weighted by molar-refractivity contribution is -0.110. The fourth-order valence-electron chi connectivity index (χ4n) is 3.77. The number of carbonyl (C=O) groups excluding carboxylic acids is 1. The van der Waals surface area contributed by atoms with Crippen LogP contribution in [0.1, 0.15) is 22.5 Å². The number of aryl methyl sites for hydroxylation is 2. The molecule has 30 heavy (non-hydrogen) atoms. The van der Waals surface area contributed by atoms with Crippen LogP contribution in [-0.4, -0.2) is 20.9 Å². The Bertz CT molecular complexity index is 1280. The number of hydrogen-bond acceptors (Lipinski definition) is 3. The van der Waals surface area contributed by atoms with Crippen molar-refractivity contribution in [2.24, 2.45) is 0 Å². The molecule has 2 aromatic carbocycles. The highest BCUT2D eigenvalue weighted by molar-refractivity contribution is 6.35. The fourth-order valence-corrected chi connectivity index (χ4v) is 3.77. The number of carbonyl (C=O) groups is 1. The van der Waals surface area contributed by atoms with E-state index < -0.39 is 0 Å². The molecule has 0 saturated heterocycles. The summed E-state index contributed by atoms with van der Waals surface area (Å²) in [5.74, 6) is -0.0979. The van der Waals surface area contributed by atoms with Crippen LogP contribution < -0.4 is 5.32 Å². The molecule has 0 saturated carbocycles. The third kappa shape index (κ3) is 3.20. The van der Waals surface area contributed by atoms with Crippen LogP contribution in [0.15, 0.2) is 67.0 Å². The molecule has 1 amide bonds. The van der Waals surface area contributed by atoms with Gasteiger partial charge in [0.05, 0.1) is 29.4 Å². The number of rotatable bonds is 3. The van der Waals surface area contributed by atoms with Crippen LogP contribution in [0.3, 0.4) is 0 Å². The molecule has 4 aromatic rings. The molecule has 2 N–H and O–H groups in total. The molecule has 0 radical (unpaired) electrons. The predicted octanol–water partition coefficient (Wildman–Crippen LogP) is 5.25. The van der Waals surface area contributed by atoms with E-state index in [1.807, 2.05) is 68.5 Å². The molecular formula is C25H20N4O. The van der Waals surface area contributed by atoms with Gasteiger partial charge in [-0.1, -0.05) is 36.4 Å². The summed E-state index contributed by atoms with van der Waals surface area (Å²) in [5, 5.41) is 2.95. The van der Waals surface area contributed by atoms with Gasteiger partial charge in [0.15, 0.2) is 0 Å². The Morgan fingerprint density at radius 3 is 2.27 bits per heavy atom. The van der Waals surface area contributed by atoms with E-state index in [0.717, 1.165) is 50.7 Å². The Kier molecular flexibility index (Phi) is 4.29. The summed E-state index contributed by atoms with van der Waals surface area (Å²) in [6.45, 7) is 4.04. The average molecular weight is 392 g/mol. The van der Waals surface area contributed by atoms with Gasteiger partial charge < -0.3 is 10.3 Å². The van der Waals surface area contributed by atoms with E-state index in [0.29, 0.717) is 5.57 Å². The van der Waals surface area contributed by atoms with Crippen LogP contribution in [0.25, 0.3) is 34.2 Å². The molecule has 0 fully saturated rings. The van der Waals surface area contributed by atoms with Gasteiger partial charge in [0.2, 0.25) is 0 Å². The largest absolute Gasteiger partial charge is 0.359 e.